The van der Waals surface area contributed by atoms with Crippen LogP contribution in [0.5, 0.6) is 0 Å². The van der Waals surface area contributed by atoms with E-state index < -0.39 is 38.1 Å². The topological polar surface area (TPSA) is 135 Å². The first-order chi connectivity index (χ1) is 15.7. The smallest absolute Gasteiger partial charge is 0.294 e. The summed E-state index contributed by atoms with van der Waals surface area (Å²) < 4.78 is 32.6. The summed E-state index contributed by atoms with van der Waals surface area (Å²) in [4.78, 5) is 20.1. The van der Waals surface area contributed by atoms with Crippen molar-refractivity contribution in [3.8, 4) is 0 Å². The lowest BCUT2D eigenvalue weighted by molar-refractivity contribution is -0.921. The highest BCUT2D eigenvalue weighted by Crippen LogP contribution is 2.14. The quantitative estimate of drug-likeness (QED) is 0.356. The predicted molar refractivity (Wildman–Crippen MR) is 130 cm³/mol. The van der Waals surface area contributed by atoms with E-state index in [4.69, 9.17) is 4.55 Å². The second-order valence-electron chi connectivity index (χ2n) is 8.01. The molecule has 34 heavy (non-hydrogen) atoms. The van der Waals surface area contributed by atoms with E-state index in [1.165, 1.54) is 61.3 Å². The fraction of sp³-hybridized carbons (Fsp3) is 0.667. The molecule has 0 unspecified atom stereocenters. The van der Waals surface area contributed by atoms with Crippen LogP contribution in [0, 0.1) is 0 Å². The van der Waals surface area contributed by atoms with Crippen molar-refractivity contribution in [2.75, 3.05) is 52.4 Å². The zero-order valence-electron chi connectivity index (χ0n) is 22.1. The van der Waals surface area contributed by atoms with Crippen molar-refractivity contribution in [3.63, 3.8) is 0 Å². The van der Waals surface area contributed by atoms with Gasteiger partial charge >= 0.3 is 0 Å². The second kappa shape index (κ2) is 15.8. The third-order valence-corrected chi connectivity index (χ3v) is 7.87. The highest BCUT2D eigenvalue weighted by molar-refractivity contribution is 7.85. The van der Waals surface area contributed by atoms with Crippen molar-refractivity contribution in [2.24, 2.45) is 0 Å². The van der Waals surface area contributed by atoms with Gasteiger partial charge in [-0.1, -0.05) is 0 Å². The maximum atomic E-state index is 10.7. The van der Waals surface area contributed by atoms with Crippen molar-refractivity contribution in [2.45, 2.75) is 60.3 Å². The molecule has 0 saturated heterocycles. The summed E-state index contributed by atoms with van der Waals surface area (Å²) in [5.41, 5.74) is -1.37. The molecule has 1 rings (SSSR count). The standard InChI is InChI=1S/2C8H20N.C8H6O7S/c2*1-5-9(6-2,7-3)8-4;9-7(10)4-1-5(8(11)12)3-6(2-4)16(13,14)15/h2*5-8H2,1-4H3;1-3H,(H,9,10)(H,11,12)(H,13,14,15)/q2*+1;/p-2. The van der Waals surface area contributed by atoms with Crippen LogP contribution in [0.25, 0.3) is 0 Å². The molecule has 0 radical (unpaired) electrons. The Balaban J connectivity index is 0. The summed E-state index contributed by atoms with van der Waals surface area (Å²) in [6, 6.07) is 1.83. The predicted octanol–water partition coefficient (Wildman–Crippen LogP) is 1.43. The van der Waals surface area contributed by atoms with Crippen LogP contribution in [0.2, 0.25) is 0 Å². The molecule has 0 saturated carbocycles. The normalized spacial score (nSPS) is 11.6. The number of benzene rings is 1. The molecule has 0 aliphatic carbocycles. The van der Waals surface area contributed by atoms with Crippen molar-refractivity contribution in [3.05, 3.63) is 29.3 Å². The Kier molecular flexibility index (Phi) is 15.9. The highest BCUT2D eigenvalue weighted by Gasteiger charge is 2.17. The molecule has 0 amide bonds. The van der Waals surface area contributed by atoms with Crippen LogP contribution < -0.4 is 10.2 Å². The third kappa shape index (κ3) is 10.9. The Morgan fingerprint density at radius 2 is 0.882 bits per heavy atom. The molecule has 0 aromatic heterocycles. The Hall–Kier alpha value is -2.01. The van der Waals surface area contributed by atoms with Gasteiger partial charge in [-0.25, -0.2) is 0 Å². The molecule has 0 spiro atoms. The molecule has 0 fully saturated rings. The van der Waals surface area contributed by atoms with Gasteiger partial charge in [-0.15, -0.1) is 0 Å². The molecule has 0 atom stereocenters. The lowest BCUT2D eigenvalue weighted by Crippen LogP contribution is -2.47. The molecule has 1 aromatic carbocycles. The SMILES string of the molecule is CC[N+](CC)(CC)CC.CC[N+](CC)(CC)CC.O=C([O-])c1cc(C(=O)[O-])cc(S(=O)(=O)O)c1. The van der Waals surface area contributed by atoms with E-state index in [9.17, 15) is 28.2 Å². The molecule has 0 aliphatic heterocycles. The van der Waals surface area contributed by atoms with E-state index in [0.29, 0.717) is 18.2 Å². The van der Waals surface area contributed by atoms with E-state index in [1.54, 1.807) is 0 Å². The molecular formula is C24H44N2O7S. The van der Waals surface area contributed by atoms with Crippen molar-refractivity contribution < 1.29 is 41.7 Å². The lowest BCUT2D eigenvalue weighted by Gasteiger charge is -2.34. The zero-order valence-corrected chi connectivity index (χ0v) is 22.9. The summed E-state index contributed by atoms with van der Waals surface area (Å²) in [6.07, 6.45) is 0. The monoisotopic (exact) mass is 504 g/mol. The van der Waals surface area contributed by atoms with Gasteiger partial charge in [0.1, 0.15) is 0 Å². The molecule has 0 aliphatic rings. The van der Waals surface area contributed by atoms with Crippen LogP contribution in [0.3, 0.4) is 0 Å². The number of hydrogen-bond donors (Lipinski definition) is 1. The van der Waals surface area contributed by atoms with Crippen molar-refractivity contribution in [1.82, 2.24) is 0 Å². The van der Waals surface area contributed by atoms with E-state index in [1.807, 2.05) is 0 Å². The van der Waals surface area contributed by atoms with E-state index >= 15 is 0 Å². The maximum absolute atomic E-state index is 10.7. The van der Waals surface area contributed by atoms with E-state index in [-0.39, 0.29) is 0 Å². The van der Waals surface area contributed by atoms with Gasteiger partial charge in [0.25, 0.3) is 10.1 Å². The van der Waals surface area contributed by atoms with Crippen LogP contribution in [-0.4, -0.2) is 86.2 Å². The molecule has 10 heteroatoms. The number of quaternary nitrogens is 2. The number of hydrogen-bond acceptors (Lipinski definition) is 6. The summed E-state index contributed by atoms with van der Waals surface area (Å²) in [6.45, 7) is 28.4. The summed E-state index contributed by atoms with van der Waals surface area (Å²) in [7, 11) is -4.70. The number of nitrogens with zero attached hydrogens (tertiary/aromatic N) is 2. The first-order valence-corrected chi connectivity index (χ1v) is 13.4. The third-order valence-electron chi connectivity index (χ3n) is 7.04. The number of rotatable bonds is 11. The van der Waals surface area contributed by atoms with E-state index in [2.05, 4.69) is 55.4 Å². The van der Waals surface area contributed by atoms with Gasteiger partial charge < -0.3 is 28.8 Å². The van der Waals surface area contributed by atoms with Gasteiger partial charge in [0, 0.05) is 0 Å². The Morgan fingerprint density at radius 3 is 1.00 bits per heavy atom. The lowest BCUT2D eigenvalue weighted by atomic mass is 10.1. The number of carbonyl (C=O) groups is 2. The Bertz CT molecular complexity index is 775. The van der Waals surface area contributed by atoms with Gasteiger partial charge in [0.15, 0.2) is 0 Å². The molecular weight excluding hydrogens is 460 g/mol. The van der Waals surface area contributed by atoms with Gasteiger partial charge in [0.2, 0.25) is 0 Å². The van der Waals surface area contributed by atoms with Crippen molar-refractivity contribution >= 4 is 22.1 Å². The highest BCUT2D eigenvalue weighted by atomic mass is 32.2. The Morgan fingerprint density at radius 1 is 0.647 bits per heavy atom. The molecule has 0 bridgehead atoms. The second-order valence-corrected chi connectivity index (χ2v) is 9.43. The number of carboxylic acids is 2. The molecule has 1 aromatic rings. The number of carboxylic acid groups (broad SMARTS) is 2. The number of aromatic carboxylic acids is 2. The molecule has 9 nitrogen and oxygen atoms in total. The van der Waals surface area contributed by atoms with Crippen molar-refractivity contribution in [1.29, 1.82) is 0 Å². The van der Waals surface area contributed by atoms with Crippen LogP contribution in [0.15, 0.2) is 23.1 Å². The van der Waals surface area contributed by atoms with Crippen LogP contribution in [0.4, 0.5) is 0 Å². The fourth-order valence-electron chi connectivity index (χ4n) is 3.67. The van der Waals surface area contributed by atoms with Crippen LogP contribution in [0.1, 0.15) is 76.1 Å². The van der Waals surface area contributed by atoms with Gasteiger partial charge in [0.05, 0.1) is 69.2 Å². The maximum Gasteiger partial charge on any atom is 0.294 e. The molecule has 198 valence electrons. The average molecular weight is 505 g/mol. The average Bonchev–Trinajstić information content (AvgIpc) is 2.83. The number of carbonyl (C=O) groups excluding carboxylic acids is 2. The van der Waals surface area contributed by atoms with Gasteiger partial charge in [-0.3, -0.25) is 4.55 Å². The summed E-state index contributed by atoms with van der Waals surface area (Å²) in [5.74, 6) is -3.54. The van der Waals surface area contributed by atoms with Gasteiger partial charge in [-0.2, -0.15) is 8.42 Å². The largest absolute Gasteiger partial charge is 0.545 e. The minimum absolute atomic E-state index is 0.580. The summed E-state index contributed by atoms with van der Waals surface area (Å²) >= 11 is 0. The Labute approximate surface area is 205 Å². The molecule has 1 N–H and O–H groups in total. The zero-order chi connectivity index (χ0) is 27.2. The van der Waals surface area contributed by atoms with E-state index in [0.717, 1.165) is 0 Å². The minimum Gasteiger partial charge on any atom is -0.545 e. The summed E-state index contributed by atoms with van der Waals surface area (Å²) in [5, 5.41) is 20.9. The van der Waals surface area contributed by atoms with Crippen LogP contribution >= 0.6 is 0 Å². The first kappa shape index (κ1) is 34.2. The first-order valence-electron chi connectivity index (χ1n) is 12.0. The van der Waals surface area contributed by atoms with Crippen LogP contribution in [-0.2, 0) is 10.1 Å². The fourth-order valence-corrected chi connectivity index (χ4v) is 4.22. The van der Waals surface area contributed by atoms with Gasteiger partial charge in [-0.05, 0) is 84.7 Å². The molecule has 0 heterocycles. The minimum atomic E-state index is -4.70.